The number of rotatable bonds is 20. The summed E-state index contributed by atoms with van der Waals surface area (Å²) in [6.07, 6.45) is 0.885. The SMILES string of the molecule is O=C(NCCNC(=O)c1ccc(COc2cccc(C(O)(C(=O)OCC3CCN(Cc4ccccc4)CC3)c3ccccc3)c2)cc1)c1ccc(CNC[C@H](O)c2ccc(O)c3[nH]c(=O)ccc23)cc1. The number of carbonyl (C=O) groups is 3. The molecule has 7 N–H and O–H groups in total. The lowest BCUT2D eigenvalue weighted by Gasteiger charge is -2.33. The number of aromatic nitrogens is 1. The van der Waals surface area contributed by atoms with E-state index in [2.05, 4.69) is 50.1 Å². The third kappa shape index (κ3) is 12.3. The van der Waals surface area contributed by atoms with E-state index in [1.165, 1.54) is 17.7 Å². The van der Waals surface area contributed by atoms with Crippen LogP contribution in [0.4, 0.5) is 0 Å². The van der Waals surface area contributed by atoms with E-state index in [9.17, 15) is 34.5 Å². The van der Waals surface area contributed by atoms with Gasteiger partial charge in [0.1, 0.15) is 18.1 Å². The molecule has 6 aromatic carbocycles. The zero-order valence-corrected chi connectivity index (χ0v) is 38.7. The monoisotopic (exact) mass is 943 g/mol. The summed E-state index contributed by atoms with van der Waals surface area (Å²) in [4.78, 5) is 56.4. The number of aromatic hydroxyl groups is 1. The predicted molar refractivity (Wildman–Crippen MR) is 266 cm³/mol. The van der Waals surface area contributed by atoms with Gasteiger partial charge in [0.2, 0.25) is 11.2 Å². The molecule has 70 heavy (non-hydrogen) atoms. The Hall–Kier alpha value is -7.62. The van der Waals surface area contributed by atoms with Crippen molar-refractivity contribution in [3.05, 3.63) is 213 Å². The molecule has 1 saturated heterocycles. The van der Waals surface area contributed by atoms with Crippen molar-refractivity contribution < 1.29 is 39.2 Å². The average Bonchev–Trinajstić information content (AvgIpc) is 3.39. The predicted octanol–water partition coefficient (Wildman–Crippen LogP) is 6.49. The molecule has 1 fully saturated rings. The molecule has 0 saturated carbocycles. The highest BCUT2D eigenvalue weighted by molar-refractivity contribution is 5.95. The van der Waals surface area contributed by atoms with Crippen LogP contribution in [0.2, 0.25) is 0 Å². The largest absolute Gasteiger partial charge is 0.506 e. The van der Waals surface area contributed by atoms with Crippen LogP contribution in [0.25, 0.3) is 10.9 Å². The number of benzene rings is 6. The van der Waals surface area contributed by atoms with Crippen LogP contribution in [-0.4, -0.2) is 82.3 Å². The summed E-state index contributed by atoms with van der Waals surface area (Å²) in [5.74, 6) is -0.774. The summed E-state index contributed by atoms with van der Waals surface area (Å²) in [6, 6.07) is 45.9. The number of aromatic amines is 1. The number of carbonyl (C=O) groups excluding carboxylic acids is 3. The van der Waals surface area contributed by atoms with Gasteiger partial charge in [0.05, 0.1) is 18.2 Å². The molecule has 14 nitrogen and oxygen atoms in total. The second kappa shape index (κ2) is 23.1. The van der Waals surface area contributed by atoms with Crippen molar-refractivity contribution in [2.45, 2.75) is 44.2 Å². The first-order valence-corrected chi connectivity index (χ1v) is 23.5. The van der Waals surface area contributed by atoms with Gasteiger partial charge in [-0.25, -0.2) is 4.79 Å². The fraction of sp³-hybridized carbons (Fsp3) is 0.250. The first-order chi connectivity index (χ1) is 34.0. The van der Waals surface area contributed by atoms with Crippen molar-refractivity contribution >= 4 is 28.7 Å². The number of esters is 1. The van der Waals surface area contributed by atoms with Crippen LogP contribution in [0.15, 0.2) is 163 Å². The van der Waals surface area contributed by atoms with E-state index in [-0.39, 0.29) is 67.4 Å². The zero-order valence-electron chi connectivity index (χ0n) is 38.7. The van der Waals surface area contributed by atoms with Crippen molar-refractivity contribution in [1.29, 1.82) is 0 Å². The minimum Gasteiger partial charge on any atom is -0.506 e. The maximum absolute atomic E-state index is 13.9. The maximum atomic E-state index is 13.9. The highest BCUT2D eigenvalue weighted by Crippen LogP contribution is 2.34. The first-order valence-electron chi connectivity index (χ1n) is 23.5. The number of fused-ring (bicyclic) bond motifs is 1. The number of amides is 2. The topological polar surface area (TPSA) is 203 Å². The number of hydrogen-bond acceptors (Lipinski definition) is 11. The number of nitrogens with zero attached hydrogens (tertiary/aromatic N) is 1. The molecule has 360 valence electrons. The molecule has 14 heteroatoms. The van der Waals surface area contributed by atoms with Crippen LogP contribution < -0.4 is 26.2 Å². The van der Waals surface area contributed by atoms with E-state index in [1.807, 2.05) is 24.3 Å². The van der Waals surface area contributed by atoms with Crippen LogP contribution in [0, 0.1) is 5.92 Å². The molecule has 1 unspecified atom stereocenters. The van der Waals surface area contributed by atoms with Crippen molar-refractivity contribution in [2.24, 2.45) is 5.92 Å². The van der Waals surface area contributed by atoms with Crippen LogP contribution in [0.5, 0.6) is 11.5 Å². The first kappa shape index (κ1) is 48.8. The molecule has 7 aromatic rings. The summed E-state index contributed by atoms with van der Waals surface area (Å²) in [5.41, 5.74) is 2.98. The van der Waals surface area contributed by atoms with Crippen LogP contribution in [0.1, 0.15) is 73.0 Å². The summed E-state index contributed by atoms with van der Waals surface area (Å²) < 4.78 is 12.0. The lowest BCUT2D eigenvalue weighted by Crippen LogP contribution is -2.40. The van der Waals surface area contributed by atoms with E-state index in [4.69, 9.17) is 9.47 Å². The number of aliphatic hydroxyl groups excluding tert-OH is 1. The Labute approximate surface area is 405 Å². The molecule has 8 rings (SSSR count). The van der Waals surface area contributed by atoms with Gasteiger partial charge >= 0.3 is 5.97 Å². The van der Waals surface area contributed by atoms with Gasteiger partial charge in [-0.3, -0.25) is 19.3 Å². The second-order valence-electron chi connectivity index (χ2n) is 17.5. The number of hydrogen-bond donors (Lipinski definition) is 7. The van der Waals surface area contributed by atoms with Gasteiger partial charge in [-0.15, -0.1) is 0 Å². The Balaban J connectivity index is 0.762. The van der Waals surface area contributed by atoms with Crippen molar-refractivity contribution in [3.63, 3.8) is 0 Å². The Morgan fingerprint density at radius 1 is 0.714 bits per heavy atom. The van der Waals surface area contributed by atoms with E-state index < -0.39 is 17.7 Å². The van der Waals surface area contributed by atoms with E-state index in [0.717, 1.165) is 43.6 Å². The summed E-state index contributed by atoms with van der Waals surface area (Å²) in [5, 5.41) is 42.5. The maximum Gasteiger partial charge on any atom is 0.347 e. The lowest BCUT2D eigenvalue weighted by molar-refractivity contribution is -0.164. The number of aliphatic hydroxyl groups is 2. The fourth-order valence-corrected chi connectivity index (χ4v) is 8.61. The van der Waals surface area contributed by atoms with E-state index in [0.29, 0.717) is 45.5 Å². The smallest absolute Gasteiger partial charge is 0.347 e. The quantitative estimate of drug-likeness (QED) is 0.0326. The molecular weight excluding hydrogens is 887 g/mol. The number of ether oxygens (including phenoxy) is 2. The number of H-pyrrole nitrogens is 1. The summed E-state index contributed by atoms with van der Waals surface area (Å²) in [6.45, 7) is 4.14. The number of pyridine rings is 1. The van der Waals surface area contributed by atoms with Gasteiger partial charge in [-0.2, -0.15) is 0 Å². The summed E-state index contributed by atoms with van der Waals surface area (Å²) in [7, 11) is 0. The highest BCUT2D eigenvalue weighted by atomic mass is 16.5. The standard InChI is InChI=1S/C56H57N5O9/c62-49-24-22-47(48-23-25-51(64)60-52(48)49)50(63)34-57-33-38-14-18-42(19-15-38)53(65)58-28-29-59-54(66)43-20-16-40(17-21-43)36-69-46-13-7-12-45(32-46)56(68,44-10-5-2-6-11-44)55(67)70-37-41-26-30-61(31-27-41)35-39-8-3-1-4-9-39/h1-25,32,41,50,57,62-63,68H,26-31,33-37H2,(H,58,65)(H,59,66)(H,60,64)/t50-,56?/m0/s1. The molecule has 0 aliphatic carbocycles. The number of phenolic OH excluding ortho intramolecular Hbond substituents is 1. The molecule has 1 aromatic heterocycles. The van der Waals surface area contributed by atoms with Crippen LogP contribution in [-0.2, 0) is 34.8 Å². The molecule has 2 atom stereocenters. The minimum absolute atomic E-state index is 0.0763. The number of phenols is 1. The highest BCUT2D eigenvalue weighted by Gasteiger charge is 2.42. The Bertz CT molecular complexity index is 2920. The molecule has 0 radical (unpaired) electrons. The van der Waals surface area contributed by atoms with Crippen molar-refractivity contribution in [1.82, 2.24) is 25.8 Å². The molecule has 0 bridgehead atoms. The number of piperidine rings is 1. The molecule has 0 spiro atoms. The Morgan fingerprint density at radius 2 is 1.34 bits per heavy atom. The Kier molecular flexibility index (Phi) is 16.1. The van der Waals surface area contributed by atoms with Gasteiger partial charge in [-0.05, 0) is 108 Å². The zero-order chi connectivity index (χ0) is 48.9. The lowest BCUT2D eigenvalue weighted by atomic mass is 9.86. The Morgan fingerprint density at radius 3 is 2.01 bits per heavy atom. The van der Waals surface area contributed by atoms with Gasteiger partial charge in [0.15, 0.2) is 0 Å². The van der Waals surface area contributed by atoms with Crippen molar-refractivity contribution in [2.75, 3.05) is 39.3 Å². The van der Waals surface area contributed by atoms with E-state index in [1.54, 1.807) is 97.1 Å². The van der Waals surface area contributed by atoms with Gasteiger partial charge in [-0.1, -0.05) is 103 Å². The number of likely N-dealkylation sites (tertiary alicyclic amines) is 1. The van der Waals surface area contributed by atoms with E-state index >= 15 is 0 Å². The third-order valence-corrected chi connectivity index (χ3v) is 12.6. The summed E-state index contributed by atoms with van der Waals surface area (Å²) >= 11 is 0. The van der Waals surface area contributed by atoms with Crippen molar-refractivity contribution in [3.8, 4) is 11.5 Å². The molecule has 2 amide bonds. The second-order valence-corrected chi connectivity index (χ2v) is 17.5. The van der Waals surface area contributed by atoms with Gasteiger partial charge < -0.3 is 45.7 Å². The third-order valence-electron chi connectivity index (χ3n) is 12.6. The molecular formula is C56H57N5O9. The minimum atomic E-state index is -2.06. The van der Waals surface area contributed by atoms with Crippen LogP contribution in [0.3, 0.4) is 0 Å². The molecule has 1 aliphatic heterocycles. The fourth-order valence-electron chi connectivity index (χ4n) is 8.61. The normalized spacial score (nSPS) is 14.3. The number of nitrogens with one attached hydrogen (secondary N) is 4. The average molecular weight is 944 g/mol. The van der Waals surface area contributed by atoms with Gasteiger partial charge in [0, 0.05) is 60.9 Å². The molecule has 1 aliphatic rings. The van der Waals surface area contributed by atoms with Crippen LogP contribution >= 0.6 is 0 Å². The molecule has 2 heterocycles. The van der Waals surface area contributed by atoms with Gasteiger partial charge in [0.25, 0.3) is 11.8 Å².